The number of hydrogen-bond donors (Lipinski definition) is 1. The maximum Gasteiger partial charge on any atom is 0.338 e. The van der Waals surface area contributed by atoms with Crippen LogP contribution >= 0.6 is 0 Å². The van der Waals surface area contributed by atoms with Gasteiger partial charge in [0.1, 0.15) is 6.61 Å². The van der Waals surface area contributed by atoms with Crippen LogP contribution in [-0.4, -0.2) is 28.3 Å². The molecule has 1 heterocycles. The Morgan fingerprint density at radius 1 is 1.38 bits per heavy atom. The quantitative estimate of drug-likeness (QED) is 0.773. The molecule has 0 unspecified atom stereocenters. The van der Waals surface area contributed by atoms with Crippen molar-refractivity contribution >= 4 is 5.97 Å². The van der Waals surface area contributed by atoms with Crippen LogP contribution in [0.4, 0.5) is 0 Å². The van der Waals surface area contributed by atoms with E-state index < -0.39 is 11.6 Å². The van der Waals surface area contributed by atoms with Crippen molar-refractivity contribution in [2.45, 2.75) is 32.3 Å². The number of ether oxygens (including phenoxy) is 1. The number of pyridine rings is 1. The van der Waals surface area contributed by atoms with E-state index in [0.29, 0.717) is 18.4 Å². The molecule has 1 aromatic rings. The lowest BCUT2D eigenvalue weighted by molar-refractivity contribution is -0.0366. The summed E-state index contributed by atoms with van der Waals surface area (Å²) in [7, 11) is 0. The average Bonchev–Trinajstić information content (AvgIpc) is 2.36. The third kappa shape index (κ3) is 3.31. The first-order valence-corrected chi connectivity index (χ1v) is 5.41. The zero-order valence-electron chi connectivity index (χ0n) is 9.64. The molecule has 0 atom stereocenters. The molecule has 0 aliphatic rings. The fraction of sp³-hybridized carbons (Fsp3) is 0.500. The lowest BCUT2D eigenvalue weighted by Crippen LogP contribution is -2.34. The third-order valence-corrected chi connectivity index (χ3v) is 2.70. The minimum absolute atomic E-state index is 0.0289. The maximum atomic E-state index is 11.6. The molecule has 0 saturated heterocycles. The first-order valence-electron chi connectivity index (χ1n) is 5.41. The fourth-order valence-corrected chi connectivity index (χ4v) is 1.23. The van der Waals surface area contributed by atoms with Gasteiger partial charge in [0.2, 0.25) is 0 Å². The van der Waals surface area contributed by atoms with E-state index in [4.69, 9.17) is 4.74 Å². The van der Waals surface area contributed by atoms with E-state index >= 15 is 0 Å². The highest BCUT2D eigenvalue weighted by molar-refractivity contribution is 5.89. The third-order valence-electron chi connectivity index (χ3n) is 2.70. The molecule has 0 aliphatic carbocycles. The number of carbonyl (C=O) groups is 1. The van der Waals surface area contributed by atoms with Gasteiger partial charge in [0.05, 0.1) is 11.2 Å². The highest BCUT2D eigenvalue weighted by Gasteiger charge is 2.24. The van der Waals surface area contributed by atoms with E-state index in [9.17, 15) is 9.90 Å². The summed E-state index contributed by atoms with van der Waals surface area (Å²) in [4.78, 5) is 15.4. The first kappa shape index (κ1) is 12.6. The van der Waals surface area contributed by atoms with Gasteiger partial charge >= 0.3 is 5.97 Å². The average molecular weight is 223 g/mol. The second-order valence-electron chi connectivity index (χ2n) is 3.74. The van der Waals surface area contributed by atoms with Crippen LogP contribution in [0.5, 0.6) is 0 Å². The van der Waals surface area contributed by atoms with Gasteiger partial charge in [-0.15, -0.1) is 0 Å². The molecule has 0 spiro atoms. The topological polar surface area (TPSA) is 59.4 Å². The van der Waals surface area contributed by atoms with Crippen LogP contribution in [0.25, 0.3) is 0 Å². The number of esters is 1. The van der Waals surface area contributed by atoms with Crippen molar-refractivity contribution < 1.29 is 14.6 Å². The van der Waals surface area contributed by atoms with Crippen LogP contribution < -0.4 is 0 Å². The van der Waals surface area contributed by atoms with Gasteiger partial charge in [-0.05, 0) is 25.0 Å². The van der Waals surface area contributed by atoms with Gasteiger partial charge in [-0.2, -0.15) is 0 Å². The Labute approximate surface area is 95.3 Å². The molecular formula is C12H17NO3. The number of carbonyl (C=O) groups excluding carboxylic acids is 1. The molecule has 0 amide bonds. The molecular weight excluding hydrogens is 206 g/mol. The summed E-state index contributed by atoms with van der Waals surface area (Å²) in [6.07, 6.45) is 4.19. The normalized spacial score (nSPS) is 11.2. The largest absolute Gasteiger partial charge is 0.459 e. The Morgan fingerprint density at radius 3 is 2.44 bits per heavy atom. The zero-order valence-corrected chi connectivity index (χ0v) is 9.64. The summed E-state index contributed by atoms with van der Waals surface area (Å²) >= 11 is 0. The van der Waals surface area contributed by atoms with Gasteiger partial charge in [0.15, 0.2) is 0 Å². The van der Waals surface area contributed by atoms with E-state index in [1.807, 2.05) is 13.8 Å². The summed E-state index contributed by atoms with van der Waals surface area (Å²) in [6, 6.07) is 3.17. The highest BCUT2D eigenvalue weighted by atomic mass is 16.5. The predicted molar refractivity (Wildman–Crippen MR) is 60.1 cm³/mol. The lowest BCUT2D eigenvalue weighted by atomic mass is 9.99. The molecule has 1 aromatic heterocycles. The zero-order chi connectivity index (χ0) is 12.0. The SMILES string of the molecule is CCC(O)(CC)COC(=O)c1ccncc1. The number of aliphatic hydroxyl groups is 1. The van der Waals surface area contributed by atoms with E-state index in [1.54, 1.807) is 12.1 Å². The molecule has 0 aliphatic heterocycles. The van der Waals surface area contributed by atoms with Crippen LogP contribution in [0, 0.1) is 0 Å². The first-order chi connectivity index (χ1) is 7.61. The van der Waals surface area contributed by atoms with E-state index in [-0.39, 0.29) is 6.61 Å². The van der Waals surface area contributed by atoms with Crippen molar-refractivity contribution in [3.05, 3.63) is 30.1 Å². The van der Waals surface area contributed by atoms with Crippen molar-refractivity contribution in [3.8, 4) is 0 Å². The molecule has 0 saturated carbocycles. The number of aromatic nitrogens is 1. The van der Waals surface area contributed by atoms with Gasteiger partial charge in [-0.25, -0.2) is 4.79 Å². The van der Waals surface area contributed by atoms with Crippen molar-refractivity contribution in [2.24, 2.45) is 0 Å². The Morgan fingerprint density at radius 2 is 1.94 bits per heavy atom. The van der Waals surface area contributed by atoms with Gasteiger partial charge in [-0.1, -0.05) is 13.8 Å². The molecule has 4 nitrogen and oxygen atoms in total. The van der Waals surface area contributed by atoms with Gasteiger partial charge in [-0.3, -0.25) is 4.98 Å². The minimum Gasteiger partial charge on any atom is -0.459 e. The molecule has 1 N–H and O–H groups in total. The molecule has 0 radical (unpaired) electrons. The molecule has 1 rings (SSSR count). The second-order valence-corrected chi connectivity index (χ2v) is 3.74. The van der Waals surface area contributed by atoms with Crippen LogP contribution in [-0.2, 0) is 4.74 Å². The monoisotopic (exact) mass is 223 g/mol. The van der Waals surface area contributed by atoms with Crippen LogP contribution in [0.1, 0.15) is 37.0 Å². The van der Waals surface area contributed by atoms with Crippen LogP contribution in [0.2, 0.25) is 0 Å². The molecule has 88 valence electrons. The van der Waals surface area contributed by atoms with Crippen molar-refractivity contribution in [3.63, 3.8) is 0 Å². The van der Waals surface area contributed by atoms with Gasteiger partial charge in [0.25, 0.3) is 0 Å². The molecule has 0 fully saturated rings. The number of rotatable bonds is 5. The Kier molecular flexibility index (Phi) is 4.43. The lowest BCUT2D eigenvalue weighted by Gasteiger charge is -2.24. The Bertz CT molecular complexity index is 333. The molecule has 16 heavy (non-hydrogen) atoms. The van der Waals surface area contributed by atoms with Gasteiger partial charge in [0, 0.05) is 12.4 Å². The summed E-state index contributed by atoms with van der Waals surface area (Å²) in [6.45, 7) is 3.76. The van der Waals surface area contributed by atoms with E-state index in [0.717, 1.165) is 0 Å². The minimum atomic E-state index is -0.914. The summed E-state index contributed by atoms with van der Waals surface area (Å²) in [5, 5.41) is 9.93. The van der Waals surface area contributed by atoms with Crippen molar-refractivity contribution in [2.75, 3.05) is 6.61 Å². The summed E-state index contributed by atoms with van der Waals surface area (Å²) in [5.41, 5.74) is -0.465. The van der Waals surface area contributed by atoms with E-state index in [1.165, 1.54) is 12.4 Å². The predicted octanol–water partition coefficient (Wildman–Crippen LogP) is 1.79. The van der Waals surface area contributed by atoms with Crippen LogP contribution in [0.3, 0.4) is 0 Å². The molecule has 0 bridgehead atoms. The smallest absolute Gasteiger partial charge is 0.338 e. The van der Waals surface area contributed by atoms with Gasteiger partial charge < -0.3 is 9.84 Å². The summed E-state index contributed by atoms with van der Waals surface area (Å²) in [5.74, 6) is -0.428. The maximum absolute atomic E-state index is 11.6. The molecule has 0 aromatic carbocycles. The van der Waals surface area contributed by atoms with Crippen molar-refractivity contribution in [1.82, 2.24) is 4.98 Å². The second kappa shape index (κ2) is 5.61. The number of hydrogen-bond acceptors (Lipinski definition) is 4. The van der Waals surface area contributed by atoms with Crippen LogP contribution in [0.15, 0.2) is 24.5 Å². The van der Waals surface area contributed by atoms with E-state index in [2.05, 4.69) is 4.98 Å². The highest BCUT2D eigenvalue weighted by Crippen LogP contribution is 2.15. The fourth-order valence-electron chi connectivity index (χ4n) is 1.23. The Hall–Kier alpha value is -1.42. The standard InChI is InChI=1S/C12H17NO3/c1-3-12(15,4-2)9-16-11(14)10-5-7-13-8-6-10/h5-8,15H,3-4,9H2,1-2H3. The number of nitrogens with zero attached hydrogens (tertiary/aromatic N) is 1. The molecule has 4 heteroatoms. The van der Waals surface area contributed by atoms with Crippen molar-refractivity contribution in [1.29, 1.82) is 0 Å². The summed E-state index contributed by atoms with van der Waals surface area (Å²) < 4.78 is 5.06. The Balaban J connectivity index is 2.54.